The summed E-state index contributed by atoms with van der Waals surface area (Å²) in [5, 5.41) is 3.55. The van der Waals surface area contributed by atoms with Gasteiger partial charge >= 0.3 is 0 Å². The van der Waals surface area contributed by atoms with Crippen molar-refractivity contribution < 1.29 is 4.79 Å². The summed E-state index contributed by atoms with van der Waals surface area (Å²) in [6, 6.07) is 18.3. The molecule has 3 N–H and O–H groups in total. The summed E-state index contributed by atoms with van der Waals surface area (Å²) in [6.45, 7) is 4.02. The third-order valence-electron chi connectivity index (χ3n) is 4.98. The van der Waals surface area contributed by atoms with Gasteiger partial charge in [-0.1, -0.05) is 18.2 Å². The molecule has 2 heterocycles. The van der Waals surface area contributed by atoms with Crippen LogP contribution in [0.25, 0.3) is 11.1 Å². The summed E-state index contributed by atoms with van der Waals surface area (Å²) in [5.41, 5.74) is 13.9. The molecule has 1 aromatic heterocycles. The van der Waals surface area contributed by atoms with Crippen LogP contribution in [0.4, 0.5) is 11.4 Å². The highest BCUT2D eigenvalue weighted by atomic mass is 16.1. The molecule has 1 aliphatic heterocycles. The average molecular weight is 357 g/mol. The van der Waals surface area contributed by atoms with E-state index in [-0.39, 0.29) is 11.8 Å². The van der Waals surface area contributed by atoms with Gasteiger partial charge in [-0.15, -0.1) is 0 Å². The van der Waals surface area contributed by atoms with Crippen molar-refractivity contribution in [3.05, 3.63) is 77.1 Å². The molecule has 1 atom stereocenters. The smallest absolute Gasteiger partial charge is 0.139 e. The molecular weight excluding hydrogens is 334 g/mol. The fourth-order valence-electron chi connectivity index (χ4n) is 3.79. The summed E-state index contributed by atoms with van der Waals surface area (Å²) < 4.78 is 0. The normalized spacial score (nSPS) is 16.4. The van der Waals surface area contributed by atoms with Crippen molar-refractivity contribution in [1.82, 2.24) is 4.98 Å². The van der Waals surface area contributed by atoms with Crippen molar-refractivity contribution >= 4 is 17.2 Å². The van der Waals surface area contributed by atoms with E-state index in [1.54, 1.807) is 0 Å². The number of carbonyl (C=O) groups excluding carboxylic acids is 1. The Morgan fingerprint density at radius 2 is 1.78 bits per heavy atom. The maximum absolute atomic E-state index is 12.5. The lowest BCUT2D eigenvalue weighted by Gasteiger charge is -2.19. The minimum Gasteiger partial charge on any atom is -0.399 e. The molecule has 0 bridgehead atoms. The molecule has 0 spiro atoms. The van der Waals surface area contributed by atoms with Crippen LogP contribution < -0.4 is 11.1 Å². The van der Waals surface area contributed by atoms with Gasteiger partial charge in [0.1, 0.15) is 5.78 Å². The quantitative estimate of drug-likeness (QED) is 0.657. The zero-order chi connectivity index (χ0) is 19.0. The molecule has 27 heavy (non-hydrogen) atoms. The lowest BCUT2D eigenvalue weighted by molar-refractivity contribution is -0.118. The van der Waals surface area contributed by atoms with Gasteiger partial charge in [0.15, 0.2) is 0 Å². The van der Waals surface area contributed by atoms with Crippen molar-refractivity contribution in [2.24, 2.45) is 0 Å². The van der Waals surface area contributed by atoms with Gasteiger partial charge in [0, 0.05) is 35.6 Å². The number of hydrogen-bond donors (Lipinski definition) is 2. The highest BCUT2D eigenvalue weighted by Gasteiger charge is 2.22. The van der Waals surface area contributed by atoms with Crippen LogP contribution in [0, 0.1) is 13.8 Å². The average Bonchev–Trinajstić information content (AvgIpc) is 2.78. The molecule has 0 saturated carbocycles. The molecule has 0 radical (unpaired) electrons. The Hall–Kier alpha value is -3.14. The van der Waals surface area contributed by atoms with Crippen LogP contribution in [0.5, 0.6) is 0 Å². The van der Waals surface area contributed by atoms with Gasteiger partial charge in [0.05, 0.1) is 6.04 Å². The molecule has 136 valence electrons. The van der Waals surface area contributed by atoms with Gasteiger partial charge in [0.2, 0.25) is 0 Å². The van der Waals surface area contributed by atoms with Crippen molar-refractivity contribution in [3.8, 4) is 11.1 Å². The Morgan fingerprint density at radius 1 is 1.00 bits per heavy atom. The first-order valence-corrected chi connectivity index (χ1v) is 9.20. The number of benzene rings is 2. The SMILES string of the molecule is Cc1cc(-c2cccc(C3CC(=O)Cc4cc(N)ccc4N3)c2)cc(C)n1. The van der Waals surface area contributed by atoms with Gasteiger partial charge in [0.25, 0.3) is 0 Å². The van der Waals surface area contributed by atoms with E-state index in [0.717, 1.165) is 39.3 Å². The number of aryl methyl sites for hydroxylation is 2. The summed E-state index contributed by atoms with van der Waals surface area (Å²) in [6.07, 6.45) is 0.888. The monoisotopic (exact) mass is 357 g/mol. The van der Waals surface area contributed by atoms with E-state index in [1.165, 1.54) is 0 Å². The molecule has 4 heteroatoms. The second kappa shape index (κ2) is 6.88. The van der Waals surface area contributed by atoms with Crippen LogP contribution in [0.15, 0.2) is 54.6 Å². The molecule has 0 fully saturated rings. The number of pyridine rings is 1. The number of ketones is 1. The van der Waals surface area contributed by atoms with Gasteiger partial charge in [-0.2, -0.15) is 0 Å². The van der Waals surface area contributed by atoms with Crippen LogP contribution >= 0.6 is 0 Å². The number of anilines is 2. The lowest BCUT2D eigenvalue weighted by atomic mass is 9.96. The molecule has 0 saturated heterocycles. The van der Waals surface area contributed by atoms with Crippen molar-refractivity contribution in [2.75, 3.05) is 11.1 Å². The molecule has 1 unspecified atom stereocenters. The number of rotatable bonds is 2. The highest BCUT2D eigenvalue weighted by molar-refractivity contribution is 5.86. The maximum atomic E-state index is 12.5. The van der Waals surface area contributed by atoms with Gasteiger partial charge in [-0.3, -0.25) is 9.78 Å². The number of nitrogen functional groups attached to an aromatic ring is 1. The van der Waals surface area contributed by atoms with E-state index >= 15 is 0 Å². The topological polar surface area (TPSA) is 68.0 Å². The second-order valence-electron chi connectivity index (χ2n) is 7.30. The Bertz CT molecular complexity index is 1010. The predicted molar refractivity (Wildman–Crippen MR) is 110 cm³/mol. The predicted octanol–water partition coefficient (Wildman–Crippen LogP) is 4.62. The number of nitrogens with two attached hydrogens (primary N) is 1. The first-order valence-electron chi connectivity index (χ1n) is 9.20. The number of Topliss-reactive ketones (excluding diaryl/α,β-unsaturated/α-hetero) is 1. The first kappa shape index (κ1) is 17.3. The Labute approximate surface area is 159 Å². The standard InChI is InChI=1S/C23H23N3O/c1-14-8-18(9-15(2)25-14)16-4-3-5-17(10-16)23-13-21(27)12-19-11-20(24)6-7-22(19)26-23/h3-11,23,26H,12-13,24H2,1-2H3. The van der Waals surface area contributed by atoms with E-state index in [9.17, 15) is 4.79 Å². The summed E-state index contributed by atoms with van der Waals surface area (Å²) in [4.78, 5) is 17.0. The van der Waals surface area contributed by atoms with Crippen LogP contribution in [0.3, 0.4) is 0 Å². The number of carbonyl (C=O) groups is 1. The number of fused-ring (bicyclic) bond motifs is 1. The first-order chi connectivity index (χ1) is 13.0. The van der Waals surface area contributed by atoms with E-state index in [2.05, 4.69) is 46.7 Å². The molecule has 3 aromatic rings. The fraction of sp³-hybridized carbons (Fsp3) is 0.217. The molecule has 4 rings (SSSR count). The molecule has 4 nitrogen and oxygen atoms in total. The number of aromatic nitrogens is 1. The van der Waals surface area contributed by atoms with Gasteiger partial charge < -0.3 is 11.1 Å². The van der Waals surface area contributed by atoms with Crippen molar-refractivity contribution in [3.63, 3.8) is 0 Å². The molecular formula is C23H23N3O. The van der Waals surface area contributed by atoms with E-state index in [0.29, 0.717) is 18.5 Å². The lowest BCUT2D eigenvalue weighted by Crippen LogP contribution is -2.13. The van der Waals surface area contributed by atoms with Crippen LogP contribution in [-0.2, 0) is 11.2 Å². The number of nitrogens with zero attached hydrogens (tertiary/aromatic N) is 1. The van der Waals surface area contributed by atoms with Crippen LogP contribution in [0.2, 0.25) is 0 Å². The van der Waals surface area contributed by atoms with E-state index < -0.39 is 0 Å². The third kappa shape index (κ3) is 3.70. The van der Waals surface area contributed by atoms with Crippen molar-refractivity contribution in [2.45, 2.75) is 32.7 Å². The summed E-state index contributed by atoms with van der Waals surface area (Å²) in [7, 11) is 0. The maximum Gasteiger partial charge on any atom is 0.139 e. The van der Waals surface area contributed by atoms with Crippen LogP contribution in [-0.4, -0.2) is 10.8 Å². The zero-order valence-electron chi connectivity index (χ0n) is 15.6. The molecule has 0 amide bonds. The molecule has 1 aliphatic rings. The van der Waals surface area contributed by atoms with E-state index in [4.69, 9.17) is 5.73 Å². The highest BCUT2D eigenvalue weighted by Crippen LogP contribution is 2.33. The Balaban J connectivity index is 1.71. The zero-order valence-corrected chi connectivity index (χ0v) is 15.6. The Kier molecular flexibility index (Phi) is 4.40. The Morgan fingerprint density at radius 3 is 2.56 bits per heavy atom. The fourth-order valence-corrected chi connectivity index (χ4v) is 3.79. The summed E-state index contributed by atoms with van der Waals surface area (Å²) >= 11 is 0. The third-order valence-corrected chi connectivity index (χ3v) is 4.98. The number of hydrogen-bond acceptors (Lipinski definition) is 4. The largest absolute Gasteiger partial charge is 0.399 e. The van der Waals surface area contributed by atoms with Gasteiger partial charge in [-0.25, -0.2) is 0 Å². The van der Waals surface area contributed by atoms with Crippen molar-refractivity contribution in [1.29, 1.82) is 0 Å². The summed E-state index contributed by atoms with van der Waals surface area (Å²) in [5.74, 6) is 0.220. The van der Waals surface area contributed by atoms with Crippen LogP contribution in [0.1, 0.15) is 35.0 Å². The second-order valence-corrected chi connectivity index (χ2v) is 7.30. The van der Waals surface area contributed by atoms with E-state index in [1.807, 2.05) is 32.0 Å². The van der Waals surface area contributed by atoms with Gasteiger partial charge in [-0.05, 0) is 72.5 Å². The minimum absolute atomic E-state index is 0.0497. The molecule has 2 aromatic carbocycles. The number of nitrogens with one attached hydrogen (secondary N) is 1. The molecule has 0 aliphatic carbocycles. The minimum atomic E-state index is -0.0497.